The van der Waals surface area contributed by atoms with E-state index in [1.807, 2.05) is 73.7 Å². The Morgan fingerprint density at radius 3 is 1.97 bits per heavy atom. The molecule has 6 heteroatoms. The minimum absolute atomic E-state index is 0.211. The molecule has 4 nitrogen and oxygen atoms in total. The third-order valence-corrected chi connectivity index (χ3v) is 8.10. The van der Waals surface area contributed by atoms with Gasteiger partial charge in [0.2, 0.25) is 10.0 Å². The molecule has 0 aliphatic carbocycles. The van der Waals surface area contributed by atoms with Gasteiger partial charge in [0.05, 0.1) is 10.9 Å². The molecule has 0 radical (unpaired) electrons. The summed E-state index contributed by atoms with van der Waals surface area (Å²) in [6.07, 6.45) is 0.979. The summed E-state index contributed by atoms with van der Waals surface area (Å²) in [5.41, 5.74) is 3.39. The summed E-state index contributed by atoms with van der Waals surface area (Å²) in [5.74, 6) is 0.620. The summed E-state index contributed by atoms with van der Waals surface area (Å²) in [4.78, 5) is 0.211. The molecule has 0 amide bonds. The summed E-state index contributed by atoms with van der Waals surface area (Å²) < 4.78 is 36.2. The van der Waals surface area contributed by atoms with Crippen LogP contribution in [-0.2, 0) is 14.8 Å². The molecule has 35 heavy (non-hydrogen) atoms. The van der Waals surface area contributed by atoms with Gasteiger partial charge in [0, 0.05) is 16.1 Å². The summed E-state index contributed by atoms with van der Waals surface area (Å²) in [7, 11) is -3.96. The maximum absolute atomic E-state index is 14.2. The fourth-order valence-corrected chi connectivity index (χ4v) is 5.93. The van der Waals surface area contributed by atoms with E-state index in [0.29, 0.717) is 16.3 Å². The predicted molar refractivity (Wildman–Crippen MR) is 139 cm³/mol. The van der Waals surface area contributed by atoms with Crippen LogP contribution in [0.3, 0.4) is 0 Å². The van der Waals surface area contributed by atoms with E-state index in [0.717, 1.165) is 16.7 Å². The molecular formula is C29H24ClNO3S. The molecule has 0 unspecified atom stereocenters. The van der Waals surface area contributed by atoms with E-state index >= 15 is 0 Å². The molecule has 1 aliphatic rings. The minimum atomic E-state index is -3.96. The first-order valence-corrected chi connectivity index (χ1v) is 13.1. The number of hydrogen-bond acceptors (Lipinski definition) is 3. The second kappa shape index (κ2) is 9.70. The van der Waals surface area contributed by atoms with Crippen molar-refractivity contribution >= 4 is 27.4 Å². The molecule has 176 valence electrons. The van der Waals surface area contributed by atoms with E-state index in [1.165, 1.54) is 4.31 Å². The van der Waals surface area contributed by atoms with E-state index in [1.54, 1.807) is 48.5 Å². The second-order valence-electron chi connectivity index (χ2n) is 8.42. The third kappa shape index (κ3) is 4.76. The monoisotopic (exact) mass is 501 g/mol. The lowest BCUT2D eigenvalue weighted by Gasteiger charge is -2.40. The number of ether oxygens (including phenoxy) is 1. The highest BCUT2D eigenvalue weighted by Crippen LogP contribution is 2.45. The van der Waals surface area contributed by atoms with Crippen molar-refractivity contribution in [3.05, 3.63) is 143 Å². The Balaban J connectivity index is 1.73. The average molecular weight is 502 g/mol. The van der Waals surface area contributed by atoms with Crippen LogP contribution < -0.4 is 0 Å². The zero-order valence-electron chi connectivity index (χ0n) is 19.1. The van der Waals surface area contributed by atoms with Gasteiger partial charge in [-0.05, 0) is 42.8 Å². The van der Waals surface area contributed by atoms with Crippen molar-refractivity contribution in [2.75, 3.05) is 0 Å². The van der Waals surface area contributed by atoms with Crippen molar-refractivity contribution in [2.24, 2.45) is 0 Å². The van der Waals surface area contributed by atoms with Crippen molar-refractivity contribution in [1.82, 2.24) is 4.31 Å². The van der Waals surface area contributed by atoms with Crippen molar-refractivity contribution < 1.29 is 13.2 Å². The number of halogens is 1. The van der Waals surface area contributed by atoms with E-state index in [-0.39, 0.29) is 4.90 Å². The fraction of sp³-hybridized carbons (Fsp3) is 0.103. The molecule has 0 spiro atoms. The smallest absolute Gasteiger partial charge is 0.247 e. The third-order valence-electron chi connectivity index (χ3n) is 6.00. The van der Waals surface area contributed by atoms with E-state index in [4.69, 9.17) is 16.3 Å². The molecule has 0 saturated carbocycles. The zero-order valence-corrected chi connectivity index (χ0v) is 20.7. The van der Waals surface area contributed by atoms with Crippen molar-refractivity contribution in [1.29, 1.82) is 0 Å². The Morgan fingerprint density at radius 1 is 0.743 bits per heavy atom. The topological polar surface area (TPSA) is 46.6 Å². The Bertz CT molecular complexity index is 1440. The Kier molecular flexibility index (Phi) is 6.48. The largest absolute Gasteiger partial charge is 0.470 e. The number of hydrogen-bond donors (Lipinski definition) is 0. The molecule has 1 aliphatic heterocycles. The molecule has 0 bridgehead atoms. The SMILES string of the molecule is Cc1ccc(S(=O)(=O)N2[C@H](c3ccccc3)C=C(c3ccccc3)O[C@H]2c2ccc(Cl)cc2)cc1. The Hall–Kier alpha value is -3.38. The highest BCUT2D eigenvalue weighted by atomic mass is 35.5. The van der Waals surface area contributed by atoms with Gasteiger partial charge in [-0.15, -0.1) is 4.31 Å². The van der Waals surface area contributed by atoms with Crippen molar-refractivity contribution in [2.45, 2.75) is 24.1 Å². The van der Waals surface area contributed by atoms with Crippen LogP contribution in [0.1, 0.15) is 34.5 Å². The molecule has 1 heterocycles. The van der Waals surface area contributed by atoms with Gasteiger partial charge in [-0.1, -0.05) is 102 Å². The lowest BCUT2D eigenvalue weighted by atomic mass is 10.0. The molecule has 0 N–H and O–H groups in total. The van der Waals surface area contributed by atoms with Crippen LogP contribution in [0, 0.1) is 6.92 Å². The average Bonchev–Trinajstić information content (AvgIpc) is 2.89. The van der Waals surface area contributed by atoms with Crippen LogP contribution in [0.5, 0.6) is 0 Å². The van der Waals surface area contributed by atoms with Crippen molar-refractivity contribution in [3.8, 4) is 0 Å². The van der Waals surface area contributed by atoms with E-state index in [2.05, 4.69) is 0 Å². The first-order chi connectivity index (χ1) is 16.9. The number of aryl methyl sites for hydroxylation is 1. The molecular weight excluding hydrogens is 478 g/mol. The highest BCUT2D eigenvalue weighted by Gasteiger charge is 2.43. The summed E-state index contributed by atoms with van der Waals surface area (Å²) in [6.45, 7) is 1.93. The standard InChI is InChI=1S/C29H24ClNO3S/c1-21-12-18-26(19-13-21)35(32,33)31-27(22-8-4-2-5-9-22)20-28(23-10-6-3-7-11-23)34-29(31)24-14-16-25(30)17-15-24/h2-20,27,29H,1H3/t27-,29-/m0/s1. The maximum Gasteiger partial charge on any atom is 0.247 e. The number of nitrogens with zero attached hydrogens (tertiary/aromatic N) is 1. The molecule has 0 fully saturated rings. The Morgan fingerprint density at radius 2 is 1.34 bits per heavy atom. The van der Waals surface area contributed by atoms with Gasteiger partial charge in [-0.25, -0.2) is 8.42 Å². The molecule has 5 rings (SSSR count). The van der Waals surface area contributed by atoms with Crippen LogP contribution >= 0.6 is 11.6 Å². The van der Waals surface area contributed by atoms with Crippen LogP contribution in [0.25, 0.3) is 5.76 Å². The van der Waals surface area contributed by atoms with Gasteiger partial charge in [-0.3, -0.25) is 0 Å². The predicted octanol–water partition coefficient (Wildman–Crippen LogP) is 7.15. The fourth-order valence-electron chi connectivity index (χ4n) is 4.18. The van der Waals surface area contributed by atoms with Gasteiger partial charge in [0.1, 0.15) is 5.76 Å². The quantitative estimate of drug-likeness (QED) is 0.291. The summed E-state index contributed by atoms with van der Waals surface area (Å²) >= 11 is 6.15. The highest BCUT2D eigenvalue weighted by molar-refractivity contribution is 7.89. The summed E-state index contributed by atoms with van der Waals surface area (Å²) in [5, 5.41) is 0.566. The number of benzene rings is 4. The summed E-state index contributed by atoms with van der Waals surface area (Å²) in [6, 6.07) is 32.7. The molecule has 4 aromatic rings. The lowest BCUT2D eigenvalue weighted by molar-refractivity contribution is 0.0295. The first-order valence-electron chi connectivity index (χ1n) is 11.3. The number of rotatable bonds is 5. The Labute approximate surface area is 211 Å². The van der Waals surface area contributed by atoms with Gasteiger partial charge in [0.15, 0.2) is 6.23 Å². The molecule has 4 aromatic carbocycles. The zero-order chi connectivity index (χ0) is 24.4. The van der Waals surface area contributed by atoms with E-state index in [9.17, 15) is 8.42 Å². The van der Waals surface area contributed by atoms with E-state index < -0.39 is 22.3 Å². The van der Waals surface area contributed by atoms with Gasteiger partial charge in [-0.2, -0.15) is 0 Å². The van der Waals surface area contributed by atoms with Crippen LogP contribution in [-0.4, -0.2) is 12.7 Å². The molecule has 0 aromatic heterocycles. The second-order valence-corrected chi connectivity index (χ2v) is 10.7. The van der Waals surface area contributed by atoms with Crippen LogP contribution in [0.15, 0.2) is 120 Å². The van der Waals surface area contributed by atoms with Crippen LogP contribution in [0.4, 0.5) is 0 Å². The van der Waals surface area contributed by atoms with Crippen LogP contribution in [0.2, 0.25) is 5.02 Å². The van der Waals surface area contributed by atoms with Gasteiger partial charge >= 0.3 is 0 Å². The minimum Gasteiger partial charge on any atom is -0.470 e. The van der Waals surface area contributed by atoms with Crippen molar-refractivity contribution in [3.63, 3.8) is 0 Å². The first kappa shape index (κ1) is 23.4. The number of sulfonamides is 1. The van der Waals surface area contributed by atoms with Gasteiger partial charge < -0.3 is 4.74 Å². The normalized spacial score (nSPS) is 18.5. The maximum atomic E-state index is 14.2. The molecule has 2 atom stereocenters. The molecule has 0 saturated heterocycles. The lowest BCUT2D eigenvalue weighted by Crippen LogP contribution is -2.41. The van der Waals surface area contributed by atoms with Gasteiger partial charge in [0.25, 0.3) is 0 Å².